The zero-order valence-electron chi connectivity index (χ0n) is 9.76. The summed E-state index contributed by atoms with van der Waals surface area (Å²) in [5.41, 5.74) is 0. The van der Waals surface area contributed by atoms with Crippen molar-refractivity contribution in [3.05, 3.63) is 0 Å². The van der Waals surface area contributed by atoms with E-state index in [4.69, 9.17) is 5.11 Å². The number of aliphatic carboxylic acids is 1. The number of carboxylic acids is 1. The van der Waals surface area contributed by atoms with E-state index in [1.54, 1.807) is 4.90 Å². The number of hydrogen-bond donors (Lipinski definition) is 2. The molecule has 2 bridgehead atoms. The number of nitrogens with one attached hydrogen (secondary N) is 1. The van der Waals surface area contributed by atoms with Crippen LogP contribution >= 0.6 is 0 Å². The van der Waals surface area contributed by atoms with Crippen LogP contribution in [0.3, 0.4) is 0 Å². The zero-order chi connectivity index (χ0) is 12.0. The second-order valence-electron chi connectivity index (χ2n) is 5.42. The van der Waals surface area contributed by atoms with Gasteiger partial charge < -0.3 is 15.3 Å². The Kier molecular flexibility index (Phi) is 2.58. The smallest absolute Gasteiger partial charge is 0.326 e. The van der Waals surface area contributed by atoms with Crippen LogP contribution in [0.1, 0.15) is 32.1 Å². The first kappa shape index (κ1) is 11.0. The summed E-state index contributed by atoms with van der Waals surface area (Å²) < 4.78 is 0. The molecule has 4 atom stereocenters. The molecule has 0 aromatic carbocycles. The van der Waals surface area contributed by atoms with Crippen molar-refractivity contribution in [1.82, 2.24) is 10.2 Å². The summed E-state index contributed by atoms with van der Waals surface area (Å²) in [6.45, 7) is 0.615. The van der Waals surface area contributed by atoms with E-state index in [0.29, 0.717) is 25.0 Å². The Bertz CT molecular complexity index is 358. The van der Waals surface area contributed by atoms with Gasteiger partial charge in [0.25, 0.3) is 0 Å². The van der Waals surface area contributed by atoms with E-state index in [0.717, 1.165) is 25.7 Å². The first-order valence-corrected chi connectivity index (χ1v) is 6.46. The summed E-state index contributed by atoms with van der Waals surface area (Å²) in [5, 5.41) is 12.5. The van der Waals surface area contributed by atoms with Gasteiger partial charge in [0.05, 0.1) is 5.92 Å². The Labute approximate surface area is 100 Å². The SMILES string of the molecule is O=C(O)C1CCCN1C(=O)C1CC2CCC1N2. The molecule has 3 saturated heterocycles. The molecule has 0 radical (unpaired) electrons. The van der Waals surface area contributed by atoms with Gasteiger partial charge in [0.2, 0.25) is 5.91 Å². The monoisotopic (exact) mass is 238 g/mol. The highest BCUT2D eigenvalue weighted by molar-refractivity contribution is 5.86. The molecule has 4 unspecified atom stereocenters. The summed E-state index contributed by atoms with van der Waals surface area (Å²) in [6.07, 6.45) is 4.54. The van der Waals surface area contributed by atoms with Crippen molar-refractivity contribution < 1.29 is 14.7 Å². The molecule has 0 aromatic rings. The van der Waals surface area contributed by atoms with Gasteiger partial charge in [0, 0.05) is 18.6 Å². The lowest BCUT2D eigenvalue weighted by atomic mass is 9.88. The molecule has 3 aliphatic rings. The van der Waals surface area contributed by atoms with Gasteiger partial charge in [0.1, 0.15) is 6.04 Å². The standard InChI is InChI=1S/C12H18N2O3/c15-11(8-6-7-3-4-9(8)13-7)14-5-1-2-10(14)12(16)17/h7-10,13H,1-6H2,(H,16,17). The number of carbonyl (C=O) groups excluding carboxylic acids is 1. The minimum atomic E-state index is -0.855. The molecule has 0 aliphatic carbocycles. The van der Waals surface area contributed by atoms with Gasteiger partial charge >= 0.3 is 5.97 Å². The fourth-order valence-corrected chi connectivity index (χ4v) is 3.60. The van der Waals surface area contributed by atoms with Crippen LogP contribution in [0.2, 0.25) is 0 Å². The number of carbonyl (C=O) groups is 2. The highest BCUT2D eigenvalue weighted by Crippen LogP contribution is 2.35. The van der Waals surface area contributed by atoms with E-state index in [9.17, 15) is 9.59 Å². The van der Waals surface area contributed by atoms with Gasteiger partial charge in [0.15, 0.2) is 0 Å². The van der Waals surface area contributed by atoms with Crippen LogP contribution in [0, 0.1) is 5.92 Å². The van der Waals surface area contributed by atoms with E-state index in [-0.39, 0.29) is 11.8 Å². The highest BCUT2D eigenvalue weighted by atomic mass is 16.4. The molecule has 0 saturated carbocycles. The topological polar surface area (TPSA) is 69.6 Å². The van der Waals surface area contributed by atoms with Crippen LogP contribution in [0.4, 0.5) is 0 Å². The molecule has 3 rings (SSSR count). The van der Waals surface area contributed by atoms with Gasteiger partial charge in [-0.25, -0.2) is 4.79 Å². The lowest BCUT2D eigenvalue weighted by Crippen LogP contribution is -2.46. The van der Waals surface area contributed by atoms with E-state index in [1.165, 1.54) is 0 Å². The number of hydrogen-bond acceptors (Lipinski definition) is 3. The van der Waals surface area contributed by atoms with Crippen LogP contribution in [0.25, 0.3) is 0 Å². The summed E-state index contributed by atoms with van der Waals surface area (Å²) in [6, 6.07) is 0.198. The number of likely N-dealkylation sites (tertiary alicyclic amines) is 1. The average Bonchev–Trinajstić information content (AvgIpc) is 3.02. The third-order valence-corrected chi connectivity index (χ3v) is 4.44. The third-order valence-electron chi connectivity index (χ3n) is 4.44. The van der Waals surface area contributed by atoms with Crippen molar-refractivity contribution in [1.29, 1.82) is 0 Å². The summed E-state index contributed by atoms with van der Waals surface area (Å²) in [5.74, 6) is -0.768. The molecule has 5 heteroatoms. The molecule has 1 amide bonds. The first-order valence-electron chi connectivity index (χ1n) is 6.46. The van der Waals surface area contributed by atoms with Crippen LogP contribution in [-0.4, -0.2) is 46.6 Å². The normalized spacial score (nSPS) is 39.9. The quantitative estimate of drug-likeness (QED) is 0.721. The third kappa shape index (κ3) is 1.73. The van der Waals surface area contributed by atoms with Crippen molar-refractivity contribution >= 4 is 11.9 Å². The second kappa shape index (κ2) is 3.98. The van der Waals surface area contributed by atoms with Crippen molar-refractivity contribution in [3.63, 3.8) is 0 Å². The number of nitrogens with zero attached hydrogens (tertiary/aromatic N) is 1. The molecule has 94 valence electrons. The van der Waals surface area contributed by atoms with E-state index < -0.39 is 12.0 Å². The molecule has 3 aliphatic heterocycles. The average molecular weight is 238 g/mol. The van der Waals surface area contributed by atoms with Crippen LogP contribution in [0.15, 0.2) is 0 Å². The molecular formula is C12H18N2O3. The van der Waals surface area contributed by atoms with Crippen LogP contribution in [0.5, 0.6) is 0 Å². The minimum absolute atomic E-state index is 0.0219. The molecule has 5 nitrogen and oxygen atoms in total. The van der Waals surface area contributed by atoms with E-state index >= 15 is 0 Å². The lowest BCUT2D eigenvalue weighted by molar-refractivity contribution is -0.150. The number of rotatable bonds is 2. The molecule has 0 aromatic heterocycles. The number of carboxylic acid groups (broad SMARTS) is 1. The second-order valence-corrected chi connectivity index (χ2v) is 5.42. The molecule has 17 heavy (non-hydrogen) atoms. The van der Waals surface area contributed by atoms with E-state index in [1.807, 2.05) is 0 Å². The fraction of sp³-hybridized carbons (Fsp3) is 0.833. The fourth-order valence-electron chi connectivity index (χ4n) is 3.60. The maximum absolute atomic E-state index is 12.4. The van der Waals surface area contributed by atoms with Crippen molar-refractivity contribution in [2.45, 2.75) is 50.2 Å². The zero-order valence-corrected chi connectivity index (χ0v) is 9.76. The Morgan fingerprint density at radius 2 is 2.06 bits per heavy atom. The predicted octanol–water partition coefficient (Wildman–Crippen LogP) is 0.202. The molecule has 2 N–H and O–H groups in total. The molecule has 3 heterocycles. The summed E-state index contributed by atoms with van der Waals surface area (Å²) >= 11 is 0. The van der Waals surface area contributed by atoms with Crippen molar-refractivity contribution in [2.24, 2.45) is 5.92 Å². The first-order chi connectivity index (χ1) is 8.16. The molecular weight excluding hydrogens is 220 g/mol. The maximum Gasteiger partial charge on any atom is 0.326 e. The van der Waals surface area contributed by atoms with Gasteiger partial charge in [-0.15, -0.1) is 0 Å². The van der Waals surface area contributed by atoms with Crippen molar-refractivity contribution in [3.8, 4) is 0 Å². The highest BCUT2D eigenvalue weighted by Gasteiger charge is 2.46. The van der Waals surface area contributed by atoms with E-state index in [2.05, 4.69) is 5.32 Å². The molecule has 0 spiro atoms. The van der Waals surface area contributed by atoms with Crippen LogP contribution in [-0.2, 0) is 9.59 Å². The Balaban J connectivity index is 1.71. The van der Waals surface area contributed by atoms with Crippen molar-refractivity contribution in [2.75, 3.05) is 6.54 Å². The summed E-state index contributed by atoms with van der Waals surface area (Å²) in [7, 11) is 0. The molecule has 3 fully saturated rings. The number of fused-ring (bicyclic) bond motifs is 2. The largest absolute Gasteiger partial charge is 0.480 e. The minimum Gasteiger partial charge on any atom is -0.480 e. The van der Waals surface area contributed by atoms with Gasteiger partial charge in [-0.05, 0) is 32.1 Å². The van der Waals surface area contributed by atoms with Crippen LogP contribution < -0.4 is 5.32 Å². The number of amides is 1. The predicted molar refractivity (Wildman–Crippen MR) is 60.4 cm³/mol. The van der Waals surface area contributed by atoms with Gasteiger partial charge in [-0.1, -0.05) is 0 Å². The van der Waals surface area contributed by atoms with Gasteiger partial charge in [-0.3, -0.25) is 4.79 Å². The lowest BCUT2D eigenvalue weighted by Gasteiger charge is -2.28. The Morgan fingerprint density at radius 1 is 1.24 bits per heavy atom. The maximum atomic E-state index is 12.4. The Morgan fingerprint density at radius 3 is 2.65 bits per heavy atom. The Hall–Kier alpha value is -1.10. The summed E-state index contributed by atoms with van der Waals surface area (Å²) in [4.78, 5) is 25.0. The van der Waals surface area contributed by atoms with Gasteiger partial charge in [-0.2, -0.15) is 0 Å².